The number of ether oxygens (including phenoxy) is 1. The molecule has 1 aliphatic carbocycles. The molecule has 0 aliphatic heterocycles. The quantitative estimate of drug-likeness (QED) is 0.551. The fourth-order valence-electron chi connectivity index (χ4n) is 3.23. The molecule has 0 bridgehead atoms. The first kappa shape index (κ1) is 20.3. The van der Waals surface area contributed by atoms with Gasteiger partial charge in [0.05, 0.1) is 11.7 Å². The summed E-state index contributed by atoms with van der Waals surface area (Å²) in [6.07, 6.45) is 5.50. The van der Waals surface area contributed by atoms with E-state index in [1.165, 1.54) is 29.5 Å². The Kier molecular flexibility index (Phi) is 6.29. The van der Waals surface area contributed by atoms with Gasteiger partial charge in [0.15, 0.2) is 0 Å². The molecule has 28 heavy (non-hydrogen) atoms. The van der Waals surface area contributed by atoms with Gasteiger partial charge in [-0.15, -0.1) is 11.3 Å². The number of halogens is 1. The van der Waals surface area contributed by atoms with E-state index < -0.39 is 0 Å². The minimum atomic E-state index is -0.389. The highest BCUT2D eigenvalue weighted by Crippen LogP contribution is 2.40. The van der Waals surface area contributed by atoms with Gasteiger partial charge in [0.25, 0.3) is 0 Å². The summed E-state index contributed by atoms with van der Waals surface area (Å²) in [5, 5.41) is 3.38. The molecule has 2 aromatic rings. The molecule has 3 rings (SSSR count). The van der Waals surface area contributed by atoms with Crippen LogP contribution in [0.5, 0.6) is 0 Å². The molecule has 148 valence electrons. The van der Waals surface area contributed by atoms with Crippen molar-refractivity contribution < 1.29 is 18.7 Å². The predicted molar refractivity (Wildman–Crippen MR) is 110 cm³/mol. The maximum absolute atomic E-state index is 13.0. The van der Waals surface area contributed by atoms with Crippen LogP contribution in [0, 0.1) is 11.7 Å². The molecule has 1 aliphatic rings. The molecule has 0 saturated carbocycles. The first-order valence-corrected chi connectivity index (χ1v) is 10.2. The lowest BCUT2D eigenvalue weighted by molar-refractivity contribution is -0.111. The molecule has 1 unspecified atom stereocenters. The lowest BCUT2D eigenvalue weighted by atomic mass is 9.88. The second-order valence-corrected chi connectivity index (χ2v) is 8.49. The van der Waals surface area contributed by atoms with Gasteiger partial charge >= 0.3 is 5.97 Å². The van der Waals surface area contributed by atoms with E-state index in [1.807, 2.05) is 13.8 Å². The Hall–Kier alpha value is -2.47. The number of thiophene rings is 1. The zero-order chi connectivity index (χ0) is 20.3. The molecule has 1 aromatic heterocycles. The van der Waals surface area contributed by atoms with Gasteiger partial charge in [-0.05, 0) is 68.4 Å². The molecule has 0 radical (unpaired) electrons. The number of esters is 1. The summed E-state index contributed by atoms with van der Waals surface area (Å²) in [6, 6.07) is 5.86. The van der Waals surface area contributed by atoms with Crippen molar-refractivity contribution in [1.82, 2.24) is 0 Å². The van der Waals surface area contributed by atoms with Crippen molar-refractivity contribution in [2.75, 3.05) is 5.32 Å². The van der Waals surface area contributed by atoms with Crippen LogP contribution >= 0.6 is 11.3 Å². The third-order valence-corrected chi connectivity index (χ3v) is 5.76. The molecule has 0 saturated heterocycles. The Morgan fingerprint density at radius 1 is 1.29 bits per heavy atom. The molecule has 6 heteroatoms. The van der Waals surface area contributed by atoms with Crippen LogP contribution in [-0.4, -0.2) is 18.0 Å². The number of carbonyl (C=O) groups excluding carboxylic acids is 2. The number of nitrogens with one attached hydrogen (secondary N) is 1. The SMILES string of the molecule is CC1CCc2c(sc(NC(=O)/C=C/c3ccc(F)cc3)c2C(=O)OC(C)C)C1. The summed E-state index contributed by atoms with van der Waals surface area (Å²) in [4.78, 5) is 26.2. The predicted octanol–water partition coefficient (Wildman–Crippen LogP) is 5.23. The maximum atomic E-state index is 13.0. The van der Waals surface area contributed by atoms with Crippen molar-refractivity contribution in [3.8, 4) is 0 Å². The number of hydrogen-bond donors (Lipinski definition) is 1. The summed E-state index contributed by atoms with van der Waals surface area (Å²) < 4.78 is 18.4. The highest BCUT2D eigenvalue weighted by Gasteiger charge is 2.29. The number of carbonyl (C=O) groups is 2. The third kappa shape index (κ3) is 4.87. The Labute approximate surface area is 168 Å². The topological polar surface area (TPSA) is 55.4 Å². The van der Waals surface area contributed by atoms with Crippen LogP contribution in [0.4, 0.5) is 9.39 Å². The van der Waals surface area contributed by atoms with Crippen LogP contribution in [-0.2, 0) is 22.4 Å². The Morgan fingerprint density at radius 3 is 2.68 bits per heavy atom. The summed E-state index contributed by atoms with van der Waals surface area (Å²) >= 11 is 1.46. The normalized spacial score (nSPS) is 16.2. The summed E-state index contributed by atoms with van der Waals surface area (Å²) in [5.74, 6) is -0.496. The zero-order valence-electron chi connectivity index (χ0n) is 16.3. The summed E-state index contributed by atoms with van der Waals surface area (Å²) in [6.45, 7) is 5.81. The zero-order valence-corrected chi connectivity index (χ0v) is 17.1. The number of rotatable bonds is 5. The molecule has 0 spiro atoms. The number of amides is 1. The second-order valence-electron chi connectivity index (χ2n) is 7.38. The number of benzene rings is 1. The highest BCUT2D eigenvalue weighted by atomic mass is 32.1. The van der Waals surface area contributed by atoms with E-state index in [0.29, 0.717) is 16.5 Å². The smallest absolute Gasteiger partial charge is 0.341 e. The van der Waals surface area contributed by atoms with Gasteiger partial charge in [-0.1, -0.05) is 19.1 Å². The first-order valence-electron chi connectivity index (χ1n) is 9.43. The Bertz CT molecular complexity index is 899. The molecular formula is C22H24FNO3S. The number of hydrogen-bond acceptors (Lipinski definition) is 4. The molecule has 1 amide bonds. The standard InChI is InChI=1S/C22H24FNO3S/c1-13(2)27-22(26)20-17-10-4-14(3)12-18(17)28-21(20)24-19(25)11-7-15-5-8-16(23)9-6-15/h5-9,11,13-14H,4,10,12H2,1-3H3,(H,24,25)/b11-7+. The van der Waals surface area contributed by atoms with Gasteiger partial charge in [-0.2, -0.15) is 0 Å². The van der Waals surface area contributed by atoms with Gasteiger partial charge in [0, 0.05) is 11.0 Å². The van der Waals surface area contributed by atoms with Gasteiger partial charge < -0.3 is 10.1 Å². The maximum Gasteiger partial charge on any atom is 0.341 e. The molecule has 0 fully saturated rings. The van der Waals surface area contributed by atoms with E-state index >= 15 is 0 Å². The van der Waals surface area contributed by atoms with Gasteiger partial charge in [-0.3, -0.25) is 4.79 Å². The molecule has 1 heterocycles. The molecule has 4 nitrogen and oxygen atoms in total. The van der Waals surface area contributed by atoms with Crippen molar-refractivity contribution in [2.24, 2.45) is 5.92 Å². The number of fused-ring (bicyclic) bond motifs is 1. The molecule has 1 aromatic carbocycles. The molecule has 1 atom stereocenters. The first-order chi connectivity index (χ1) is 13.3. The van der Waals surface area contributed by atoms with Crippen molar-refractivity contribution in [2.45, 2.75) is 46.1 Å². The average molecular weight is 402 g/mol. The minimum Gasteiger partial charge on any atom is -0.459 e. The summed E-state index contributed by atoms with van der Waals surface area (Å²) in [7, 11) is 0. The second kappa shape index (κ2) is 8.69. The monoisotopic (exact) mass is 401 g/mol. The molecular weight excluding hydrogens is 377 g/mol. The molecule has 1 N–H and O–H groups in total. The van der Waals surface area contributed by atoms with E-state index in [1.54, 1.807) is 18.2 Å². The van der Waals surface area contributed by atoms with Gasteiger partial charge in [0.1, 0.15) is 10.8 Å². The van der Waals surface area contributed by atoms with Crippen LogP contribution in [0.25, 0.3) is 6.08 Å². The van der Waals surface area contributed by atoms with Crippen LogP contribution in [0.3, 0.4) is 0 Å². The Balaban J connectivity index is 1.82. The van der Waals surface area contributed by atoms with Crippen LogP contribution in [0.1, 0.15) is 53.6 Å². The largest absolute Gasteiger partial charge is 0.459 e. The van der Waals surface area contributed by atoms with Gasteiger partial charge in [-0.25, -0.2) is 9.18 Å². The van der Waals surface area contributed by atoms with E-state index in [-0.39, 0.29) is 23.8 Å². The minimum absolute atomic E-state index is 0.229. The van der Waals surface area contributed by atoms with Crippen LogP contribution in [0.15, 0.2) is 30.3 Å². The van der Waals surface area contributed by atoms with E-state index in [0.717, 1.165) is 35.3 Å². The van der Waals surface area contributed by atoms with Crippen molar-refractivity contribution >= 4 is 34.3 Å². The highest BCUT2D eigenvalue weighted by molar-refractivity contribution is 7.17. The van der Waals surface area contributed by atoms with Crippen molar-refractivity contribution in [1.29, 1.82) is 0 Å². The Morgan fingerprint density at radius 2 is 2.00 bits per heavy atom. The lowest BCUT2D eigenvalue weighted by Crippen LogP contribution is -2.18. The lowest BCUT2D eigenvalue weighted by Gasteiger charge is -2.18. The van der Waals surface area contributed by atoms with E-state index in [2.05, 4.69) is 12.2 Å². The van der Waals surface area contributed by atoms with Crippen LogP contribution < -0.4 is 5.32 Å². The fourth-order valence-corrected chi connectivity index (χ4v) is 4.63. The van der Waals surface area contributed by atoms with Gasteiger partial charge in [0.2, 0.25) is 5.91 Å². The van der Waals surface area contributed by atoms with E-state index in [4.69, 9.17) is 4.74 Å². The average Bonchev–Trinajstić information content (AvgIpc) is 2.97. The third-order valence-electron chi connectivity index (χ3n) is 4.59. The summed E-state index contributed by atoms with van der Waals surface area (Å²) in [5.41, 5.74) is 2.21. The van der Waals surface area contributed by atoms with Crippen molar-refractivity contribution in [3.05, 3.63) is 57.7 Å². The van der Waals surface area contributed by atoms with E-state index in [9.17, 15) is 14.0 Å². The fraction of sp³-hybridized carbons (Fsp3) is 0.364. The van der Waals surface area contributed by atoms with Crippen LogP contribution in [0.2, 0.25) is 0 Å². The van der Waals surface area contributed by atoms with Crippen molar-refractivity contribution in [3.63, 3.8) is 0 Å². The number of anilines is 1.